The van der Waals surface area contributed by atoms with Gasteiger partial charge in [0.25, 0.3) is 5.91 Å². The molecule has 126 valence electrons. The van der Waals surface area contributed by atoms with Crippen molar-refractivity contribution in [3.8, 4) is 0 Å². The number of amides is 1. The third-order valence-electron chi connectivity index (χ3n) is 3.58. The molecule has 2 aromatic carbocycles. The summed E-state index contributed by atoms with van der Waals surface area (Å²) in [6.45, 7) is 0.708. The normalized spacial score (nSPS) is 10.3. The molecule has 0 fully saturated rings. The summed E-state index contributed by atoms with van der Waals surface area (Å²) in [5, 5.41) is 13.5. The molecular formula is C19H17FN4O. The number of aromatic nitrogens is 2. The molecule has 0 aliphatic heterocycles. The van der Waals surface area contributed by atoms with Crippen molar-refractivity contribution in [2.45, 2.75) is 6.42 Å². The molecule has 2 N–H and O–H groups in total. The van der Waals surface area contributed by atoms with Crippen molar-refractivity contribution < 1.29 is 9.18 Å². The third-order valence-corrected chi connectivity index (χ3v) is 3.58. The fourth-order valence-corrected chi connectivity index (χ4v) is 2.28. The fraction of sp³-hybridized carbons (Fsp3) is 0.105. The van der Waals surface area contributed by atoms with Gasteiger partial charge in [0.2, 0.25) is 0 Å². The van der Waals surface area contributed by atoms with Gasteiger partial charge in [-0.15, -0.1) is 10.2 Å². The average Bonchev–Trinajstić information content (AvgIpc) is 2.65. The largest absolute Gasteiger partial charge is 0.368 e. The van der Waals surface area contributed by atoms with E-state index in [2.05, 4.69) is 33.0 Å². The monoisotopic (exact) mass is 336 g/mol. The number of hydrogen-bond donors (Lipinski definition) is 2. The first-order chi connectivity index (χ1) is 12.2. The van der Waals surface area contributed by atoms with Crippen LogP contribution in [0, 0.1) is 5.82 Å². The number of nitrogens with zero attached hydrogens (tertiary/aromatic N) is 2. The van der Waals surface area contributed by atoms with E-state index < -0.39 is 11.7 Å². The molecule has 0 atom stereocenters. The SMILES string of the molecule is O=C(Nc1ccccc1F)c1ccc(NCCc2ccccc2)nn1. The second-order valence-corrected chi connectivity index (χ2v) is 5.40. The molecule has 25 heavy (non-hydrogen) atoms. The Hall–Kier alpha value is -3.28. The first-order valence-corrected chi connectivity index (χ1v) is 7.90. The van der Waals surface area contributed by atoms with Gasteiger partial charge >= 0.3 is 0 Å². The molecule has 0 aliphatic rings. The zero-order valence-electron chi connectivity index (χ0n) is 13.4. The number of nitrogens with one attached hydrogen (secondary N) is 2. The minimum atomic E-state index is -0.506. The van der Waals surface area contributed by atoms with E-state index in [9.17, 15) is 9.18 Å². The second kappa shape index (κ2) is 8.01. The Morgan fingerprint density at radius 2 is 1.68 bits per heavy atom. The number of carbonyl (C=O) groups excluding carboxylic acids is 1. The van der Waals surface area contributed by atoms with Crippen LogP contribution >= 0.6 is 0 Å². The zero-order valence-corrected chi connectivity index (χ0v) is 13.4. The molecule has 5 nitrogen and oxygen atoms in total. The minimum Gasteiger partial charge on any atom is -0.368 e. The van der Waals surface area contributed by atoms with Crippen molar-refractivity contribution in [2.75, 3.05) is 17.2 Å². The van der Waals surface area contributed by atoms with E-state index in [1.54, 1.807) is 24.3 Å². The summed E-state index contributed by atoms with van der Waals surface area (Å²) in [7, 11) is 0. The Morgan fingerprint density at radius 3 is 2.40 bits per heavy atom. The Labute approximate surface area is 144 Å². The van der Waals surface area contributed by atoms with Crippen LogP contribution in [0.2, 0.25) is 0 Å². The smallest absolute Gasteiger partial charge is 0.276 e. The van der Waals surface area contributed by atoms with Crippen molar-refractivity contribution in [2.24, 2.45) is 0 Å². The maximum atomic E-state index is 13.5. The van der Waals surface area contributed by atoms with Gasteiger partial charge in [0.15, 0.2) is 5.69 Å². The zero-order chi connectivity index (χ0) is 17.5. The number of para-hydroxylation sites is 1. The maximum absolute atomic E-state index is 13.5. The van der Waals surface area contributed by atoms with Gasteiger partial charge in [-0.05, 0) is 36.2 Å². The number of rotatable bonds is 6. The number of anilines is 2. The highest BCUT2D eigenvalue weighted by molar-refractivity contribution is 6.02. The van der Waals surface area contributed by atoms with Gasteiger partial charge in [-0.2, -0.15) is 0 Å². The summed E-state index contributed by atoms with van der Waals surface area (Å²) in [4.78, 5) is 12.1. The molecule has 0 saturated carbocycles. The molecule has 0 radical (unpaired) electrons. The van der Waals surface area contributed by atoms with Crippen LogP contribution in [0.25, 0.3) is 0 Å². The van der Waals surface area contributed by atoms with Crippen molar-refractivity contribution in [3.05, 3.63) is 83.8 Å². The molecule has 1 heterocycles. The lowest BCUT2D eigenvalue weighted by molar-refractivity contribution is 0.102. The minimum absolute atomic E-state index is 0.111. The van der Waals surface area contributed by atoms with Gasteiger partial charge in [0.1, 0.15) is 11.6 Å². The Kier molecular flexibility index (Phi) is 5.31. The summed E-state index contributed by atoms with van der Waals surface area (Å²) >= 11 is 0. The first kappa shape index (κ1) is 16.6. The molecule has 3 aromatic rings. The van der Waals surface area contributed by atoms with Crippen LogP contribution in [0.5, 0.6) is 0 Å². The topological polar surface area (TPSA) is 66.9 Å². The van der Waals surface area contributed by atoms with Crippen LogP contribution in [-0.2, 0) is 6.42 Å². The van der Waals surface area contributed by atoms with Crippen LogP contribution in [-0.4, -0.2) is 22.6 Å². The lowest BCUT2D eigenvalue weighted by Crippen LogP contribution is -2.16. The van der Waals surface area contributed by atoms with Gasteiger partial charge in [0.05, 0.1) is 5.69 Å². The highest BCUT2D eigenvalue weighted by Gasteiger charge is 2.10. The number of hydrogen-bond acceptors (Lipinski definition) is 4. The van der Waals surface area contributed by atoms with Crippen molar-refractivity contribution in [1.29, 1.82) is 0 Å². The van der Waals surface area contributed by atoms with Crippen LogP contribution < -0.4 is 10.6 Å². The predicted molar refractivity (Wildman–Crippen MR) is 95.0 cm³/mol. The molecule has 1 aromatic heterocycles. The van der Waals surface area contributed by atoms with Crippen LogP contribution in [0.3, 0.4) is 0 Å². The molecule has 0 bridgehead atoms. The number of carbonyl (C=O) groups is 1. The lowest BCUT2D eigenvalue weighted by Gasteiger charge is -2.07. The molecular weight excluding hydrogens is 319 g/mol. The van der Waals surface area contributed by atoms with E-state index in [1.165, 1.54) is 17.7 Å². The average molecular weight is 336 g/mol. The van der Waals surface area contributed by atoms with Gasteiger partial charge < -0.3 is 10.6 Å². The Balaban J connectivity index is 1.54. The van der Waals surface area contributed by atoms with Crippen molar-refractivity contribution >= 4 is 17.4 Å². The van der Waals surface area contributed by atoms with Crippen molar-refractivity contribution in [3.63, 3.8) is 0 Å². The van der Waals surface area contributed by atoms with Gasteiger partial charge in [0, 0.05) is 6.54 Å². The van der Waals surface area contributed by atoms with E-state index in [0.717, 1.165) is 6.42 Å². The first-order valence-electron chi connectivity index (χ1n) is 7.90. The lowest BCUT2D eigenvalue weighted by atomic mass is 10.1. The number of benzene rings is 2. The molecule has 0 saturated heterocycles. The van der Waals surface area contributed by atoms with E-state index in [1.807, 2.05) is 18.2 Å². The van der Waals surface area contributed by atoms with Crippen LogP contribution in [0.4, 0.5) is 15.9 Å². The van der Waals surface area contributed by atoms with E-state index >= 15 is 0 Å². The molecule has 3 rings (SSSR count). The van der Waals surface area contributed by atoms with E-state index in [-0.39, 0.29) is 11.4 Å². The third kappa shape index (κ3) is 4.60. The summed E-state index contributed by atoms with van der Waals surface area (Å²) in [6, 6.07) is 19.3. The predicted octanol–water partition coefficient (Wildman–Crippen LogP) is 3.52. The van der Waals surface area contributed by atoms with Gasteiger partial charge in [-0.1, -0.05) is 42.5 Å². The summed E-state index contributed by atoms with van der Waals surface area (Å²) in [5.41, 5.74) is 1.46. The number of halogens is 1. The summed E-state index contributed by atoms with van der Waals surface area (Å²) in [6.07, 6.45) is 0.859. The standard InChI is InChI=1S/C19H17FN4O/c20-15-8-4-5-9-16(15)22-19(25)17-10-11-18(24-23-17)21-13-12-14-6-2-1-3-7-14/h1-11H,12-13H2,(H,21,24)(H,22,25). The molecule has 0 spiro atoms. The fourth-order valence-electron chi connectivity index (χ4n) is 2.28. The Bertz CT molecular complexity index is 838. The van der Waals surface area contributed by atoms with Crippen LogP contribution in [0.15, 0.2) is 66.7 Å². The van der Waals surface area contributed by atoms with E-state index in [0.29, 0.717) is 12.4 Å². The van der Waals surface area contributed by atoms with Gasteiger partial charge in [-0.3, -0.25) is 4.79 Å². The molecule has 0 aliphatic carbocycles. The van der Waals surface area contributed by atoms with E-state index in [4.69, 9.17) is 0 Å². The van der Waals surface area contributed by atoms with Gasteiger partial charge in [-0.25, -0.2) is 4.39 Å². The Morgan fingerprint density at radius 1 is 0.920 bits per heavy atom. The molecule has 1 amide bonds. The molecule has 6 heteroatoms. The summed E-state index contributed by atoms with van der Waals surface area (Å²) < 4.78 is 13.5. The highest BCUT2D eigenvalue weighted by Crippen LogP contribution is 2.13. The second-order valence-electron chi connectivity index (χ2n) is 5.40. The van der Waals surface area contributed by atoms with Crippen molar-refractivity contribution in [1.82, 2.24) is 10.2 Å². The summed E-state index contributed by atoms with van der Waals surface area (Å²) in [5.74, 6) is -0.421. The quantitative estimate of drug-likeness (QED) is 0.723. The maximum Gasteiger partial charge on any atom is 0.276 e. The molecule has 0 unspecified atom stereocenters. The van der Waals surface area contributed by atoms with Crippen LogP contribution in [0.1, 0.15) is 16.1 Å². The highest BCUT2D eigenvalue weighted by atomic mass is 19.1.